The molecule has 0 aliphatic rings. The van der Waals surface area contributed by atoms with E-state index in [0.717, 1.165) is 27.4 Å². The first-order valence-electron chi connectivity index (χ1n) is 10.0. The lowest BCUT2D eigenvalue weighted by molar-refractivity contribution is 0.103. The molecule has 0 unspecified atom stereocenters. The van der Waals surface area contributed by atoms with Gasteiger partial charge in [-0.25, -0.2) is 4.39 Å². The Morgan fingerprint density at radius 2 is 1.84 bits per heavy atom. The molecule has 0 saturated carbocycles. The third-order valence-corrected chi connectivity index (χ3v) is 5.39. The number of benzene rings is 2. The van der Waals surface area contributed by atoms with Gasteiger partial charge in [-0.1, -0.05) is 30.3 Å². The average Bonchev–Trinajstić information content (AvgIpc) is 3.10. The quantitative estimate of drug-likeness (QED) is 0.245. The Bertz CT molecular complexity index is 1480. The molecule has 0 atom stereocenters. The largest absolute Gasteiger partial charge is 0.313 e. The summed E-state index contributed by atoms with van der Waals surface area (Å²) in [5.41, 5.74) is 6.32. The third kappa shape index (κ3) is 3.39. The fourth-order valence-electron chi connectivity index (χ4n) is 3.81. The van der Waals surface area contributed by atoms with Crippen molar-refractivity contribution in [3.05, 3.63) is 107 Å². The molecule has 3 aromatic heterocycles. The maximum Gasteiger partial charge on any atom is 0.210 e. The van der Waals surface area contributed by atoms with Crippen molar-refractivity contribution in [1.82, 2.24) is 14.6 Å². The molecule has 0 saturated heterocycles. The van der Waals surface area contributed by atoms with Gasteiger partial charge in [0.15, 0.2) is 5.82 Å². The zero-order chi connectivity index (χ0) is 22.1. The number of pyridine rings is 1. The number of nitrogens with one attached hydrogen (secondary N) is 1. The van der Waals surface area contributed by atoms with Gasteiger partial charge >= 0.3 is 0 Å². The lowest BCUT2D eigenvalue weighted by Gasteiger charge is -2.04. The zero-order valence-electron chi connectivity index (χ0n) is 17.2. The van der Waals surface area contributed by atoms with E-state index in [1.807, 2.05) is 60.0 Å². The number of fused-ring (bicyclic) bond motifs is 2. The van der Waals surface area contributed by atoms with Crippen molar-refractivity contribution >= 4 is 34.1 Å². The molecule has 5 aromatic rings. The monoisotopic (exact) mass is 423 g/mol. The molecule has 0 fully saturated rings. The minimum absolute atomic E-state index is 0.184. The van der Waals surface area contributed by atoms with Gasteiger partial charge in [-0.2, -0.15) is 10.2 Å². The number of carbonyl (C=O) groups is 1. The molecule has 156 valence electrons. The van der Waals surface area contributed by atoms with E-state index in [-0.39, 0.29) is 11.6 Å². The van der Waals surface area contributed by atoms with Crippen LogP contribution < -0.4 is 5.43 Å². The van der Waals surface area contributed by atoms with Crippen LogP contribution in [0.25, 0.3) is 16.3 Å². The molecule has 0 radical (unpaired) electrons. The summed E-state index contributed by atoms with van der Waals surface area (Å²) < 4.78 is 15.1. The minimum atomic E-state index is -0.381. The summed E-state index contributed by atoms with van der Waals surface area (Å²) >= 11 is 0. The van der Waals surface area contributed by atoms with Gasteiger partial charge in [0.05, 0.1) is 23.6 Å². The summed E-state index contributed by atoms with van der Waals surface area (Å²) in [4.78, 5) is 13.2. The number of ketones is 1. The molecule has 0 aliphatic carbocycles. The number of hydrogen-bond acceptors (Lipinski definition) is 5. The summed E-state index contributed by atoms with van der Waals surface area (Å²) in [6, 6.07) is 19.0. The summed E-state index contributed by atoms with van der Waals surface area (Å²) in [6.45, 7) is 1.88. The number of hydrogen-bond donors (Lipinski definition) is 1. The number of aromatic nitrogens is 3. The van der Waals surface area contributed by atoms with E-state index < -0.39 is 0 Å². The van der Waals surface area contributed by atoms with Crippen molar-refractivity contribution in [3.63, 3.8) is 0 Å². The van der Waals surface area contributed by atoms with Crippen LogP contribution in [-0.2, 0) is 0 Å². The number of rotatable bonds is 5. The molecule has 2 aromatic carbocycles. The van der Waals surface area contributed by atoms with E-state index >= 15 is 0 Å². The minimum Gasteiger partial charge on any atom is -0.313 e. The second-order valence-electron chi connectivity index (χ2n) is 7.33. The molecule has 0 bridgehead atoms. The summed E-state index contributed by atoms with van der Waals surface area (Å²) in [5, 5.41) is 14.4. The Balaban J connectivity index is 1.54. The summed E-state index contributed by atoms with van der Waals surface area (Å²) in [6.07, 6.45) is 5.21. The van der Waals surface area contributed by atoms with Crippen molar-refractivity contribution < 1.29 is 9.18 Å². The molecule has 1 N–H and O–H groups in total. The summed E-state index contributed by atoms with van der Waals surface area (Å²) in [5.74, 6) is -0.0203. The molecule has 5 rings (SSSR count). The smallest absolute Gasteiger partial charge is 0.210 e. The van der Waals surface area contributed by atoms with Crippen molar-refractivity contribution in [2.75, 3.05) is 5.43 Å². The Labute approximate surface area is 183 Å². The highest BCUT2D eigenvalue weighted by Crippen LogP contribution is 2.25. The third-order valence-electron chi connectivity index (χ3n) is 5.39. The van der Waals surface area contributed by atoms with Gasteiger partial charge in [-0.3, -0.25) is 10.2 Å². The predicted octanol–water partition coefficient (Wildman–Crippen LogP) is 5.01. The topological polar surface area (TPSA) is 71.7 Å². The van der Waals surface area contributed by atoms with E-state index in [0.29, 0.717) is 17.1 Å². The Kier molecular flexibility index (Phi) is 4.91. The van der Waals surface area contributed by atoms with Gasteiger partial charge < -0.3 is 4.40 Å². The molecule has 0 aliphatic heterocycles. The van der Waals surface area contributed by atoms with E-state index in [9.17, 15) is 9.18 Å². The Hall–Kier alpha value is -4.39. The van der Waals surface area contributed by atoms with E-state index in [4.69, 9.17) is 0 Å². The predicted molar refractivity (Wildman–Crippen MR) is 123 cm³/mol. The van der Waals surface area contributed by atoms with Crippen LogP contribution in [0.1, 0.15) is 27.2 Å². The average molecular weight is 423 g/mol. The molecule has 3 heterocycles. The number of nitrogens with zero attached hydrogens (tertiary/aromatic N) is 4. The van der Waals surface area contributed by atoms with E-state index in [1.165, 1.54) is 24.3 Å². The molecule has 6 nitrogen and oxygen atoms in total. The van der Waals surface area contributed by atoms with Gasteiger partial charge in [0, 0.05) is 28.1 Å². The maximum absolute atomic E-state index is 13.3. The van der Waals surface area contributed by atoms with Gasteiger partial charge in [-0.05, 0) is 48.9 Å². The highest BCUT2D eigenvalue weighted by Gasteiger charge is 2.20. The molecule has 7 heteroatoms. The lowest BCUT2D eigenvalue weighted by atomic mass is 10.0. The first-order valence-corrected chi connectivity index (χ1v) is 10.0. The number of hydrazone groups is 1. The van der Waals surface area contributed by atoms with E-state index in [1.54, 1.807) is 12.4 Å². The standard InChI is InChI=1S/C25H18FN5O/c1-16-21(15-28-30-25-20-7-3-2-6-18(20)14-27-29-25)22-8-4-5-13-31(22)23(16)24(32)17-9-11-19(26)12-10-17/h2-15H,1H3,(H,29,30). The Morgan fingerprint density at radius 3 is 2.69 bits per heavy atom. The molecule has 0 spiro atoms. The van der Waals surface area contributed by atoms with E-state index in [2.05, 4.69) is 20.7 Å². The molecule has 0 amide bonds. The maximum atomic E-state index is 13.3. The number of carbonyl (C=O) groups excluding carboxylic acids is 1. The van der Waals surface area contributed by atoms with Crippen LogP contribution in [0.15, 0.2) is 84.2 Å². The second kappa shape index (κ2) is 8.03. The summed E-state index contributed by atoms with van der Waals surface area (Å²) in [7, 11) is 0. The number of anilines is 1. The van der Waals surface area contributed by atoms with Gasteiger partial charge in [0.2, 0.25) is 5.78 Å². The molecular weight excluding hydrogens is 405 g/mol. The normalized spacial score (nSPS) is 11.4. The fraction of sp³-hybridized carbons (Fsp3) is 0.0400. The highest BCUT2D eigenvalue weighted by atomic mass is 19.1. The van der Waals surface area contributed by atoms with Crippen LogP contribution in [0.5, 0.6) is 0 Å². The van der Waals surface area contributed by atoms with Crippen LogP contribution in [0, 0.1) is 12.7 Å². The van der Waals surface area contributed by atoms with Crippen LogP contribution in [0.3, 0.4) is 0 Å². The molecule has 32 heavy (non-hydrogen) atoms. The SMILES string of the molecule is Cc1c(C=NNc2nncc3ccccc23)c2ccccn2c1C(=O)c1ccc(F)cc1. The van der Waals surface area contributed by atoms with Crippen LogP contribution in [0.2, 0.25) is 0 Å². The molecular formula is C25H18FN5O. The van der Waals surface area contributed by atoms with Crippen LogP contribution in [-0.4, -0.2) is 26.6 Å². The van der Waals surface area contributed by atoms with Crippen LogP contribution >= 0.6 is 0 Å². The lowest BCUT2D eigenvalue weighted by Crippen LogP contribution is -2.07. The first-order chi connectivity index (χ1) is 15.6. The fourth-order valence-corrected chi connectivity index (χ4v) is 3.81. The second-order valence-corrected chi connectivity index (χ2v) is 7.33. The highest BCUT2D eigenvalue weighted by molar-refractivity contribution is 6.12. The first kappa shape index (κ1) is 19.6. The van der Waals surface area contributed by atoms with Gasteiger partial charge in [-0.15, -0.1) is 5.10 Å². The zero-order valence-corrected chi connectivity index (χ0v) is 17.2. The van der Waals surface area contributed by atoms with Crippen molar-refractivity contribution in [2.24, 2.45) is 5.10 Å². The van der Waals surface area contributed by atoms with Crippen molar-refractivity contribution in [3.8, 4) is 0 Å². The van der Waals surface area contributed by atoms with Crippen LogP contribution in [0.4, 0.5) is 10.2 Å². The number of halogens is 1. The van der Waals surface area contributed by atoms with Gasteiger partial charge in [0.1, 0.15) is 5.82 Å². The van der Waals surface area contributed by atoms with Gasteiger partial charge in [0.25, 0.3) is 0 Å². The Morgan fingerprint density at radius 1 is 1.06 bits per heavy atom. The van der Waals surface area contributed by atoms with Crippen molar-refractivity contribution in [1.29, 1.82) is 0 Å². The van der Waals surface area contributed by atoms with Crippen molar-refractivity contribution in [2.45, 2.75) is 6.92 Å².